The van der Waals surface area contributed by atoms with E-state index >= 15 is 0 Å². The molecule has 0 aliphatic heterocycles. The Balaban J connectivity index is 2.64. The summed E-state index contributed by atoms with van der Waals surface area (Å²) in [7, 11) is 0. The van der Waals surface area contributed by atoms with Gasteiger partial charge in [-0.15, -0.1) is 0 Å². The highest BCUT2D eigenvalue weighted by atomic mass is 35.5. The minimum atomic E-state index is -0.674. The summed E-state index contributed by atoms with van der Waals surface area (Å²) >= 11 is 7.61. The van der Waals surface area contributed by atoms with Crippen molar-refractivity contribution in [2.45, 2.75) is 19.4 Å². The fraction of sp³-hybridized carbons (Fsp3) is 0.455. The molecule has 0 bridgehead atoms. The summed E-state index contributed by atoms with van der Waals surface area (Å²) in [5.74, 6) is 1.50. The van der Waals surface area contributed by atoms with Gasteiger partial charge < -0.3 is 5.11 Å². The molecule has 0 aliphatic carbocycles. The number of benzene rings is 1. The molecule has 15 heavy (non-hydrogen) atoms. The summed E-state index contributed by atoms with van der Waals surface area (Å²) < 4.78 is 12.9. The Morgan fingerprint density at radius 3 is 2.93 bits per heavy atom. The van der Waals surface area contributed by atoms with Crippen LogP contribution in [0.1, 0.15) is 25.0 Å². The Morgan fingerprint density at radius 1 is 1.53 bits per heavy atom. The van der Waals surface area contributed by atoms with Crippen LogP contribution >= 0.6 is 23.4 Å². The van der Waals surface area contributed by atoms with Gasteiger partial charge in [-0.2, -0.15) is 11.8 Å². The van der Waals surface area contributed by atoms with Crippen molar-refractivity contribution < 1.29 is 9.50 Å². The molecule has 1 rings (SSSR count). The molecular formula is C11H14ClFOS. The van der Waals surface area contributed by atoms with E-state index in [0.717, 1.165) is 11.5 Å². The van der Waals surface area contributed by atoms with Gasteiger partial charge in [0.15, 0.2) is 0 Å². The third-order valence-corrected chi connectivity index (χ3v) is 3.33. The van der Waals surface area contributed by atoms with Crippen molar-refractivity contribution in [3.8, 4) is 0 Å². The number of hydrogen-bond acceptors (Lipinski definition) is 2. The zero-order valence-electron chi connectivity index (χ0n) is 8.54. The van der Waals surface area contributed by atoms with E-state index in [-0.39, 0.29) is 5.82 Å². The Kier molecular flexibility index (Phi) is 5.43. The fourth-order valence-corrected chi connectivity index (χ4v) is 2.19. The molecule has 1 unspecified atom stereocenters. The summed E-state index contributed by atoms with van der Waals surface area (Å²) in [6.07, 6.45) is -0.0750. The number of hydrogen-bond donors (Lipinski definition) is 1. The summed E-state index contributed by atoms with van der Waals surface area (Å²) in [4.78, 5) is 0. The maximum atomic E-state index is 12.9. The SMILES string of the molecule is CCSCCC(O)c1cc(F)ccc1Cl. The average molecular weight is 249 g/mol. The molecule has 0 amide bonds. The van der Waals surface area contributed by atoms with E-state index in [1.165, 1.54) is 18.2 Å². The molecule has 0 saturated carbocycles. The van der Waals surface area contributed by atoms with Gasteiger partial charge in [-0.3, -0.25) is 0 Å². The molecule has 0 spiro atoms. The van der Waals surface area contributed by atoms with Crippen LogP contribution < -0.4 is 0 Å². The number of aliphatic hydroxyl groups is 1. The van der Waals surface area contributed by atoms with Crippen molar-refractivity contribution in [1.29, 1.82) is 0 Å². The second-order valence-corrected chi connectivity index (χ2v) is 4.97. The van der Waals surface area contributed by atoms with Gasteiger partial charge in [-0.05, 0) is 36.1 Å². The molecule has 0 radical (unpaired) electrons. The zero-order chi connectivity index (χ0) is 11.3. The van der Waals surface area contributed by atoms with Gasteiger partial charge in [0.05, 0.1) is 6.10 Å². The van der Waals surface area contributed by atoms with E-state index in [1.54, 1.807) is 11.8 Å². The van der Waals surface area contributed by atoms with Crippen LogP contribution in [-0.2, 0) is 0 Å². The number of rotatable bonds is 5. The van der Waals surface area contributed by atoms with Crippen LogP contribution in [-0.4, -0.2) is 16.6 Å². The van der Waals surface area contributed by atoms with Gasteiger partial charge in [0.25, 0.3) is 0 Å². The molecule has 84 valence electrons. The second-order valence-electron chi connectivity index (χ2n) is 3.17. The van der Waals surface area contributed by atoms with E-state index in [0.29, 0.717) is 17.0 Å². The lowest BCUT2D eigenvalue weighted by atomic mass is 10.1. The molecule has 0 fully saturated rings. The van der Waals surface area contributed by atoms with Crippen molar-refractivity contribution >= 4 is 23.4 Å². The van der Waals surface area contributed by atoms with Gasteiger partial charge in [0.2, 0.25) is 0 Å². The third-order valence-electron chi connectivity index (χ3n) is 2.06. The average Bonchev–Trinajstić information content (AvgIpc) is 2.22. The molecule has 0 aliphatic rings. The summed E-state index contributed by atoms with van der Waals surface area (Å²) in [6, 6.07) is 4.06. The van der Waals surface area contributed by atoms with Crippen molar-refractivity contribution in [3.05, 3.63) is 34.6 Å². The fourth-order valence-electron chi connectivity index (χ4n) is 1.26. The van der Waals surface area contributed by atoms with Gasteiger partial charge in [0, 0.05) is 10.6 Å². The Hall–Kier alpha value is -0.250. The number of halogens is 2. The summed E-state index contributed by atoms with van der Waals surface area (Å²) in [6.45, 7) is 2.06. The molecule has 0 aromatic heterocycles. The minimum Gasteiger partial charge on any atom is -0.388 e. The van der Waals surface area contributed by atoms with Crippen LogP contribution in [0.15, 0.2) is 18.2 Å². The standard InChI is InChI=1S/C11H14ClFOS/c1-2-15-6-5-11(14)9-7-8(13)3-4-10(9)12/h3-4,7,11,14H,2,5-6H2,1H3. The monoisotopic (exact) mass is 248 g/mol. The minimum absolute atomic E-state index is 0.364. The maximum absolute atomic E-state index is 12.9. The highest BCUT2D eigenvalue weighted by molar-refractivity contribution is 7.99. The molecular weight excluding hydrogens is 235 g/mol. The highest BCUT2D eigenvalue weighted by Crippen LogP contribution is 2.26. The third kappa shape index (κ3) is 4.01. The highest BCUT2D eigenvalue weighted by Gasteiger charge is 2.12. The van der Waals surface area contributed by atoms with Gasteiger partial charge in [-0.25, -0.2) is 4.39 Å². The molecule has 0 saturated heterocycles. The topological polar surface area (TPSA) is 20.2 Å². The molecule has 4 heteroatoms. The maximum Gasteiger partial charge on any atom is 0.123 e. The first-order chi connectivity index (χ1) is 7.15. The van der Waals surface area contributed by atoms with E-state index in [1.807, 2.05) is 0 Å². The lowest BCUT2D eigenvalue weighted by molar-refractivity contribution is 0.174. The van der Waals surface area contributed by atoms with Gasteiger partial charge in [-0.1, -0.05) is 18.5 Å². The molecule has 1 N–H and O–H groups in total. The molecule has 1 atom stereocenters. The summed E-state index contributed by atoms with van der Waals surface area (Å²) in [5, 5.41) is 10.2. The quantitative estimate of drug-likeness (QED) is 0.803. The van der Waals surface area contributed by atoms with Crippen molar-refractivity contribution in [1.82, 2.24) is 0 Å². The lowest BCUT2D eigenvalue weighted by Gasteiger charge is -2.12. The normalized spacial score (nSPS) is 12.8. The largest absolute Gasteiger partial charge is 0.388 e. The first-order valence-electron chi connectivity index (χ1n) is 4.86. The first-order valence-corrected chi connectivity index (χ1v) is 6.39. The Labute approximate surface area is 98.6 Å². The van der Waals surface area contributed by atoms with E-state index < -0.39 is 6.10 Å². The predicted octanol–water partition coefficient (Wildman–Crippen LogP) is 3.66. The molecule has 1 aromatic carbocycles. The van der Waals surface area contributed by atoms with Crippen molar-refractivity contribution in [3.63, 3.8) is 0 Å². The van der Waals surface area contributed by atoms with Crippen LogP contribution in [0.5, 0.6) is 0 Å². The van der Waals surface area contributed by atoms with Crippen LogP contribution in [0.4, 0.5) is 4.39 Å². The van der Waals surface area contributed by atoms with Gasteiger partial charge in [0.1, 0.15) is 5.82 Å². The van der Waals surface area contributed by atoms with Crippen LogP contribution in [0.25, 0.3) is 0 Å². The first kappa shape index (κ1) is 12.8. The van der Waals surface area contributed by atoms with E-state index in [2.05, 4.69) is 6.92 Å². The van der Waals surface area contributed by atoms with E-state index in [4.69, 9.17) is 11.6 Å². The summed E-state index contributed by atoms with van der Waals surface area (Å²) in [5.41, 5.74) is 0.480. The molecule has 1 nitrogen and oxygen atoms in total. The Morgan fingerprint density at radius 2 is 2.27 bits per heavy atom. The smallest absolute Gasteiger partial charge is 0.123 e. The van der Waals surface area contributed by atoms with Crippen LogP contribution in [0, 0.1) is 5.82 Å². The number of thioether (sulfide) groups is 1. The van der Waals surface area contributed by atoms with Crippen LogP contribution in [0.2, 0.25) is 5.02 Å². The Bertz CT molecular complexity index is 319. The van der Waals surface area contributed by atoms with E-state index in [9.17, 15) is 9.50 Å². The predicted molar refractivity (Wildman–Crippen MR) is 64.0 cm³/mol. The molecule has 1 aromatic rings. The lowest BCUT2D eigenvalue weighted by Crippen LogP contribution is -2.00. The molecule has 0 heterocycles. The number of aliphatic hydroxyl groups excluding tert-OH is 1. The van der Waals surface area contributed by atoms with Crippen molar-refractivity contribution in [2.75, 3.05) is 11.5 Å². The van der Waals surface area contributed by atoms with Crippen molar-refractivity contribution in [2.24, 2.45) is 0 Å². The van der Waals surface area contributed by atoms with Crippen LogP contribution in [0.3, 0.4) is 0 Å². The zero-order valence-corrected chi connectivity index (χ0v) is 10.1. The second kappa shape index (κ2) is 6.36. The van der Waals surface area contributed by atoms with Gasteiger partial charge >= 0.3 is 0 Å².